The van der Waals surface area contributed by atoms with Crippen LogP contribution in [0.5, 0.6) is 0 Å². The van der Waals surface area contributed by atoms with Crippen LogP contribution in [0.2, 0.25) is 0 Å². The van der Waals surface area contributed by atoms with Gasteiger partial charge < -0.3 is 10.4 Å². The van der Waals surface area contributed by atoms with Crippen LogP contribution in [0, 0.1) is 0 Å². The molecule has 1 aromatic heterocycles. The second-order valence-electron chi connectivity index (χ2n) is 4.46. The summed E-state index contributed by atoms with van der Waals surface area (Å²) in [5.74, 6) is -1.57. The third kappa shape index (κ3) is 1.69. The van der Waals surface area contributed by atoms with Gasteiger partial charge in [0.2, 0.25) is 11.6 Å². The molecule has 104 valence electrons. The number of allylic oxidation sites excluding steroid dienone is 2. The summed E-state index contributed by atoms with van der Waals surface area (Å²) >= 11 is 0. The number of aliphatic hydroxyl groups excluding tert-OH is 1. The second-order valence-corrected chi connectivity index (χ2v) is 6.51. The molecule has 0 bridgehead atoms. The summed E-state index contributed by atoms with van der Waals surface area (Å²) in [5, 5.41) is 11.7. The lowest BCUT2D eigenvalue weighted by molar-refractivity contribution is 0.0969. The Hall–Kier alpha value is -2.06. The van der Waals surface area contributed by atoms with Crippen molar-refractivity contribution >= 4 is 21.4 Å². The van der Waals surface area contributed by atoms with Gasteiger partial charge >= 0.3 is 0 Å². The predicted octanol–water partition coefficient (Wildman–Crippen LogP) is -0.817. The number of Topliss-reactive ketones (excluding diaryl/α,β-unsaturated/α-hetero) is 2. The lowest BCUT2D eigenvalue weighted by Crippen LogP contribution is -2.41. The molecule has 0 amide bonds. The quantitative estimate of drug-likeness (QED) is 0.695. The van der Waals surface area contributed by atoms with E-state index in [2.05, 4.69) is 10.3 Å². The number of pyridine rings is 1. The molecular weight excluding hydrogens is 284 g/mol. The van der Waals surface area contributed by atoms with Crippen molar-refractivity contribution in [3.63, 3.8) is 0 Å². The first-order valence-corrected chi connectivity index (χ1v) is 7.52. The number of fused-ring (bicyclic) bond motifs is 1. The van der Waals surface area contributed by atoms with E-state index < -0.39 is 26.3 Å². The van der Waals surface area contributed by atoms with Gasteiger partial charge in [-0.05, 0) is 12.1 Å². The van der Waals surface area contributed by atoms with E-state index in [-0.39, 0.29) is 41.6 Å². The lowest BCUT2D eigenvalue weighted by Gasteiger charge is -2.25. The molecule has 2 N–H and O–H groups in total. The van der Waals surface area contributed by atoms with Gasteiger partial charge in [-0.2, -0.15) is 0 Å². The van der Waals surface area contributed by atoms with Crippen LogP contribution < -0.4 is 5.32 Å². The molecule has 1 aromatic rings. The minimum Gasteiger partial charge on any atom is -0.390 e. The Kier molecular flexibility index (Phi) is 2.73. The number of hydrogen-bond donors (Lipinski definition) is 2. The first-order valence-electron chi connectivity index (χ1n) is 5.87. The zero-order valence-electron chi connectivity index (χ0n) is 10.2. The number of hydrogen-bond acceptors (Lipinski definition) is 7. The predicted molar refractivity (Wildman–Crippen MR) is 67.6 cm³/mol. The standard InChI is InChI=1S/C12H10N2O5S/c15-5-6-1-2-7-8(14-6)11(17)9-12(10(7)16)20(18,19)4-3-13-9/h1-2,13,15H,3-5H2. The van der Waals surface area contributed by atoms with Gasteiger partial charge in [0.05, 0.1) is 23.6 Å². The van der Waals surface area contributed by atoms with E-state index in [9.17, 15) is 18.0 Å². The number of carbonyl (C=O) groups excluding carboxylic acids is 2. The Morgan fingerprint density at radius 1 is 1.25 bits per heavy atom. The SMILES string of the molecule is O=C1C2=C(NCCS2(=O)=O)C(=O)c2nc(CO)ccc21. The summed E-state index contributed by atoms with van der Waals surface area (Å²) < 4.78 is 23.9. The molecular formula is C12H10N2O5S. The average molecular weight is 294 g/mol. The average Bonchev–Trinajstić information content (AvgIpc) is 2.43. The second kappa shape index (κ2) is 4.22. The van der Waals surface area contributed by atoms with Gasteiger partial charge in [0.15, 0.2) is 9.84 Å². The van der Waals surface area contributed by atoms with Crippen molar-refractivity contribution in [3.8, 4) is 0 Å². The van der Waals surface area contributed by atoms with Crippen molar-refractivity contribution in [2.75, 3.05) is 12.3 Å². The normalized spacial score (nSPS) is 20.2. The van der Waals surface area contributed by atoms with Crippen LogP contribution in [0.15, 0.2) is 22.7 Å². The molecule has 1 aliphatic heterocycles. The maximum atomic E-state index is 12.3. The van der Waals surface area contributed by atoms with E-state index >= 15 is 0 Å². The van der Waals surface area contributed by atoms with E-state index in [1.165, 1.54) is 12.1 Å². The molecule has 7 nitrogen and oxygen atoms in total. The third-order valence-electron chi connectivity index (χ3n) is 3.22. The number of carbonyl (C=O) groups is 2. The fourth-order valence-electron chi connectivity index (χ4n) is 2.27. The molecule has 0 aromatic carbocycles. The minimum absolute atomic E-state index is 0.0433. The van der Waals surface area contributed by atoms with Crippen molar-refractivity contribution in [3.05, 3.63) is 39.7 Å². The highest BCUT2D eigenvalue weighted by Crippen LogP contribution is 2.29. The Bertz CT molecular complexity index is 779. The van der Waals surface area contributed by atoms with Gasteiger partial charge in [0.25, 0.3) is 0 Å². The van der Waals surface area contributed by atoms with Gasteiger partial charge in [-0.25, -0.2) is 13.4 Å². The van der Waals surface area contributed by atoms with Crippen molar-refractivity contribution in [1.82, 2.24) is 10.3 Å². The van der Waals surface area contributed by atoms with Gasteiger partial charge in [-0.1, -0.05) is 0 Å². The summed E-state index contributed by atoms with van der Waals surface area (Å²) in [5.41, 5.74) is -0.132. The van der Waals surface area contributed by atoms with E-state index in [4.69, 9.17) is 5.11 Å². The van der Waals surface area contributed by atoms with Crippen molar-refractivity contribution in [1.29, 1.82) is 0 Å². The Morgan fingerprint density at radius 2 is 2.00 bits per heavy atom. The van der Waals surface area contributed by atoms with E-state index in [0.717, 1.165) is 0 Å². The van der Waals surface area contributed by atoms with Crippen molar-refractivity contribution in [2.24, 2.45) is 0 Å². The number of nitrogens with zero attached hydrogens (tertiary/aromatic N) is 1. The highest BCUT2D eigenvalue weighted by molar-refractivity contribution is 7.96. The molecule has 0 atom stereocenters. The Morgan fingerprint density at radius 3 is 2.70 bits per heavy atom. The molecule has 0 spiro atoms. The molecule has 0 radical (unpaired) electrons. The zero-order valence-corrected chi connectivity index (χ0v) is 11.0. The molecule has 8 heteroatoms. The molecule has 1 aliphatic carbocycles. The number of aliphatic hydroxyl groups is 1. The van der Waals surface area contributed by atoms with Crippen LogP contribution in [0.1, 0.15) is 26.5 Å². The molecule has 0 saturated carbocycles. The Labute approximate surface area is 114 Å². The summed E-state index contributed by atoms with van der Waals surface area (Å²) in [7, 11) is -3.75. The molecule has 2 heterocycles. The topological polar surface area (TPSA) is 113 Å². The molecule has 0 fully saturated rings. The van der Waals surface area contributed by atoms with Gasteiger partial charge in [-0.15, -0.1) is 0 Å². The van der Waals surface area contributed by atoms with Gasteiger partial charge in [0.1, 0.15) is 16.3 Å². The fourth-order valence-corrected chi connectivity index (χ4v) is 3.71. The summed E-state index contributed by atoms with van der Waals surface area (Å²) in [4.78, 5) is 28.0. The fraction of sp³-hybridized carbons (Fsp3) is 0.250. The first-order chi connectivity index (χ1) is 9.45. The van der Waals surface area contributed by atoms with Crippen LogP contribution in [0.4, 0.5) is 0 Å². The Balaban J connectivity index is 2.27. The first kappa shape index (κ1) is 12.9. The van der Waals surface area contributed by atoms with Crippen molar-refractivity contribution in [2.45, 2.75) is 6.61 Å². The van der Waals surface area contributed by atoms with E-state index in [1.807, 2.05) is 0 Å². The van der Waals surface area contributed by atoms with Gasteiger partial charge in [-0.3, -0.25) is 9.59 Å². The summed E-state index contributed by atoms with van der Waals surface area (Å²) in [6.45, 7) is -0.290. The molecule has 2 aliphatic rings. The van der Waals surface area contributed by atoms with Gasteiger partial charge in [0, 0.05) is 6.54 Å². The van der Waals surface area contributed by atoms with Crippen LogP contribution >= 0.6 is 0 Å². The minimum atomic E-state index is -3.75. The summed E-state index contributed by atoms with van der Waals surface area (Å²) in [6.07, 6.45) is 0. The third-order valence-corrected chi connectivity index (χ3v) is 4.97. The van der Waals surface area contributed by atoms with E-state index in [0.29, 0.717) is 0 Å². The number of nitrogens with one attached hydrogen (secondary N) is 1. The van der Waals surface area contributed by atoms with Crippen LogP contribution in [0.3, 0.4) is 0 Å². The lowest BCUT2D eigenvalue weighted by atomic mass is 9.96. The maximum absolute atomic E-state index is 12.3. The van der Waals surface area contributed by atoms with Crippen LogP contribution in [-0.2, 0) is 16.4 Å². The molecule has 20 heavy (non-hydrogen) atoms. The maximum Gasteiger partial charge on any atom is 0.229 e. The van der Waals surface area contributed by atoms with Crippen LogP contribution in [-0.4, -0.2) is 42.4 Å². The summed E-state index contributed by atoms with van der Waals surface area (Å²) in [6, 6.07) is 2.71. The molecule has 0 unspecified atom stereocenters. The highest BCUT2D eigenvalue weighted by Gasteiger charge is 2.42. The monoisotopic (exact) mass is 294 g/mol. The number of aromatic nitrogens is 1. The molecule has 3 rings (SSSR count). The molecule has 0 saturated heterocycles. The number of sulfone groups is 1. The number of ketones is 2. The van der Waals surface area contributed by atoms with Crippen molar-refractivity contribution < 1.29 is 23.1 Å². The number of rotatable bonds is 1. The smallest absolute Gasteiger partial charge is 0.229 e. The highest BCUT2D eigenvalue weighted by atomic mass is 32.2. The zero-order chi connectivity index (χ0) is 14.5. The van der Waals surface area contributed by atoms with E-state index in [1.54, 1.807) is 0 Å². The van der Waals surface area contributed by atoms with Crippen LogP contribution in [0.25, 0.3) is 0 Å². The largest absolute Gasteiger partial charge is 0.390 e.